The van der Waals surface area contributed by atoms with Crippen LogP contribution in [0.15, 0.2) is 24.3 Å². The first-order valence-corrected chi connectivity index (χ1v) is 3.79. The molecule has 2 aromatic rings. The third-order valence-corrected chi connectivity index (χ3v) is 1.66. The van der Waals surface area contributed by atoms with Crippen LogP contribution in [0.1, 0.15) is 5.69 Å². The van der Waals surface area contributed by atoms with Crippen molar-refractivity contribution in [3.63, 3.8) is 0 Å². The zero-order valence-electron chi connectivity index (χ0n) is 6.84. The lowest BCUT2D eigenvalue weighted by Crippen LogP contribution is -2.08. The molecular weight excluding hydrogens is 193 g/mol. The van der Waals surface area contributed by atoms with E-state index in [4.69, 9.17) is 0 Å². The lowest BCUT2D eigenvalue weighted by atomic mass is 10.3. The van der Waals surface area contributed by atoms with Crippen LogP contribution in [-0.2, 0) is 6.18 Å². The number of nitrogens with zero attached hydrogens (tertiary/aromatic N) is 2. The Hall–Kier alpha value is -1.65. The van der Waals surface area contributed by atoms with Gasteiger partial charge in [0.25, 0.3) is 0 Å². The van der Waals surface area contributed by atoms with Crippen molar-refractivity contribution in [2.45, 2.75) is 6.18 Å². The van der Waals surface area contributed by atoms with E-state index in [1.54, 1.807) is 18.2 Å². The molecule has 2 rings (SSSR count). The summed E-state index contributed by atoms with van der Waals surface area (Å²) in [5, 5.41) is 0. The Bertz CT molecular complexity index is 465. The molecular formula is C9H4F3N2. The Labute approximate surface area is 77.4 Å². The highest BCUT2D eigenvalue weighted by atomic mass is 19.4. The average molecular weight is 197 g/mol. The lowest BCUT2D eigenvalue weighted by Gasteiger charge is -2.04. The predicted octanol–water partition coefficient (Wildman–Crippen LogP) is 2.45. The summed E-state index contributed by atoms with van der Waals surface area (Å²) in [6.45, 7) is 0. The number of hydrogen-bond donors (Lipinski definition) is 0. The molecule has 0 N–H and O–H groups in total. The molecule has 0 saturated carbocycles. The number of halogens is 3. The first kappa shape index (κ1) is 8.93. The van der Waals surface area contributed by atoms with Gasteiger partial charge in [-0.1, -0.05) is 12.1 Å². The molecule has 1 radical (unpaired) electrons. The van der Waals surface area contributed by atoms with Gasteiger partial charge in [0.05, 0.1) is 11.0 Å². The highest BCUT2D eigenvalue weighted by Gasteiger charge is 2.33. The van der Waals surface area contributed by atoms with Crippen molar-refractivity contribution >= 4 is 11.0 Å². The molecule has 71 valence electrons. The first-order valence-electron chi connectivity index (χ1n) is 3.79. The Balaban J connectivity index is 2.63. The monoisotopic (exact) mass is 197 g/mol. The van der Waals surface area contributed by atoms with Crippen LogP contribution >= 0.6 is 0 Å². The van der Waals surface area contributed by atoms with Gasteiger partial charge in [-0.25, -0.2) is 9.97 Å². The number of fused-ring (bicyclic) bond motifs is 1. The smallest absolute Gasteiger partial charge is 0.242 e. The van der Waals surface area contributed by atoms with E-state index in [2.05, 4.69) is 9.97 Å². The second-order valence-electron chi connectivity index (χ2n) is 2.67. The van der Waals surface area contributed by atoms with Crippen LogP contribution in [0.2, 0.25) is 0 Å². The maximum absolute atomic E-state index is 12.2. The van der Waals surface area contributed by atoms with Gasteiger partial charge in [0.2, 0.25) is 0 Å². The molecule has 1 aromatic heterocycles. The molecule has 0 unspecified atom stereocenters. The van der Waals surface area contributed by atoms with E-state index in [1.165, 1.54) is 6.07 Å². The number of para-hydroxylation sites is 2. The molecule has 0 atom stereocenters. The van der Waals surface area contributed by atoms with Gasteiger partial charge < -0.3 is 0 Å². The molecule has 0 spiro atoms. The normalized spacial score (nSPS) is 11.9. The Morgan fingerprint density at radius 3 is 2.36 bits per heavy atom. The fraction of sp³-hybridized carbons (Fsp3) is 0.111. The van der Waals surface area contributed by atoms with Gasteiger partial charge in [-0.3, -0.25) is 0 Å². The molecule has 0 aliphatic heterocycles. The van der Waals surface area contributed by atoms with Crippen LogP contribution < -0.4 is 0 Å². The van der Waals surface area contributed by atoms with Crippen molar-refractivity contribution < 1.29 is 13.2 Å². The van der Waals surface area contributed by atoms with Crippen molar-refractivity contribution in [2.75, 3.05) is 0 Å². The summed E-state index contributed by atoms with van der Waals surface area (Å²) >= 11 is 0. The quantitative estimate of drug-likeness (QED) is 0.648. The molecule has 2 nitrogen and oxygen atoms in total. The molecule has 0 fully saturated rings. The average Bonchev–Trinajstić information content (AvgIpc) is 2.16. The standard InChI is InChI=1S/C9H4F3N2/c10-9(11,12)8-5-13-6-3-1-2-4-7(6)14-8/h1-4H. The maximum atomic E-state index is 12.2. The van der Waals surface area contributed by atoms with Crippen LogP contribution in [0.4, 0.5) is 13.2 Å². The van der Waals surface area contributed by atoms with Gasteiger partial charge in [-0.05, 0) is 12.1 Å². The van der Waals surface area contributed by atoms with Gasteiger partial charge in [-0.2, -0.15) is 13.2 Å². The molecule has 1 aromatic carbocycles. The van der Waals surface area contributed by atoms with Crippen LogP contribution in [0, 0.1) is 6.20 Å². The van der Waals surface area contributed by atoms with Crippen LogP contribution in [0.3, 0.4) is 0 Å². The zero-order chi connectivity index (χ0) is 10.2. The van der Waals surface area contributed by atoms with Gasteiger partial charge in [-0.15, -0.1) is 0 Å². The largest absolute Gasteiger partial charge is 0.435 e. The Morgan fingerprint density at radius 2 is 1.71 bits per heavy atom. The predicted molar refractivity (Wildman–Crippen MR) is 43.4 cm³/mol. The van der Waals surface area contributed by atoms with Gasteiger partial charge >= 0.3 is 6.18 Å². The minimum atomic E-state index is -4.49. The number of hydrogen-bond acceptors (Lipinski definition) is 2. The van der Waals surface area contributed by atoms with E-state index < -0.39 is 11.9 Å². The molecule has 0 aliphatic carbocycles. The van der Waals surface area contributed by atoms with Gasteiger partial charge in [0.1, 0.15) is 6.20 Å². The van der Waals surface area contributed by atoms with E-state index in [-0.39, 0.29) is 5.52 Å². The maximum Gasteiger partial charge on any atom is 0.435 e. The van der Waals surface area contributed by atoms with E-state index >= 15 is 0 Å². The zero-order valence-corrected chi connectivity index (χ0v) is 6.84. The summed E-state index contributed by atoms with van der Waals surface area (Å²) in [6, 6.07) is 6.35. The second-order valence-corrected chi connectivity index (χ2v) is 2.67. The number of aromatic nitrogens is 2. The molecule has 0 bridgehead atoms. The topological polar surface area (TPSA) is 25.8 Å². The second kappa shape index (κ2) is 2.94. The minimum absolute atomic E-state index is 0.221. The molecule has 5 heteroatoms. The minimum Gasteiger partial charge on any atom is -0.242 e. The molecule has 14 heavy (non-hydrogen) atoms. The summed E-state index contributed by atoms with van der Waals surface area (Å²) < 4.78 is 36.5. The van der Waals surface area contributed by atoms with E-state index in [9.17, 15) is 13.2 Å². The Morgan fingerprint density at radius 1 is 1.07 bits per heavy atom. The number of alkyl halides is 3. The van der Waals surface area contributed by atoms with Gasteiger partial charge in [0, 0.05) is 0 Å². The highest BCUT2D eigenvalue weighted by Crippen LogP contribution is 2.27. The van der Waals surface area contributed by atoms with Crippen LogP contribution in [-0.4, -0.2) is 9.97 Å². The van der Waals surface area contributed by atoms with Gasteiger partial charge in [0.15, 0.2) is 5.69 Å². The molecule has 0 amide bonds. The third kappa shape index (κ3) is 1.53. The molecule has 0 aliphatic rings. The van der Waals surface area contributed by atoms with Crippen LogP contribution in [0.25, 0.3) is 11.0 Å². The van der Waals surface area contributed by atoms with Crippen molar-refractivity contribution in [3.8, 4) is 0 Å². The molecule has 0 saturated heterocycles. The fourth-order valence-electron chi connectivity index (χ4n) is 1.04. The van der Waals surface area contributed by atoms with E-state index in [0.29, 0.717) is 5.52 Å². The Kier molecular flexibility index (Phi) is 1.87. The van der Waals surface area contributed by atoms with Crippen molar-refractivity contribution in [1.82, 2.24) is 9.97 Å². The summed E-state index contributed by atoms with van der Waals surface area (Å²) in [5.74, 6) is 0. The van der Waals surface area contributed by atoms with Crippen molar-refractivity contribution in [1.29, 1.82) is 0 Å². The number of benzene rings is 1. The molecule has 1 heterocycles. The number of rotatable bonds is 0. The van der Waals surface area contributed by atoms with E-state index in [1.807, 2.05) is 6.20 Å². The lowest BCUT2D eigenvalue weighted by molar-refractivity contribution is -0.141. The third-order valence-electron chi connectivity index (χ3n) is 1.66. The highest BCUT2D eigenvalue weighted by molar-refractivity contribution is 5.73. The van der Waals surface area contributed by atoms with Crippen LogP contribution in [0.5, 0.6) is 0 Å². The summed E-state index contributed by atoms with van der Waals surface area (Å²) in [6.07, 6.45) is -2.62. The summed E-state index contributed by atoms with van der Waals surface area (Å²) in [7, 11) is 0. The first-order chi connectivity index (χ1) is 6.57. The summed E-state index contributed by atoms with van der Waals surface area (Å²) in [4.78, 5) is 6.94. The van der Waals surface area contributed by atoms with Crippen molar-refractivity contribution in [2.24, 2.45) is 0 Å². The van der Waals surface area contributed by atoms with Crippen molar-refractivity contribution in [3.05, 3.63) is 36.2 Å². The summed E-state index contributed by atoms with van der Waals surface area (Å²) in [5.41, 5.74) is -0.463. The van der Waals surface area contributed by atoms with E-state index in [0.717, 1.165) is 0 Å². The SMILES string of the molecule is FC(F)(F)c1[c]nc2ccccc2n1. The fourth-order valence-corrected chi connectivity index (χ4v) is 1.04.